The number of rotatable bonds is 3. The minimum Gasteiger partial charge on any atom is -0.398 e. The number of carbonyl (C=O) groups is 1. The van der Waals surface area contributed by atoms with Crippen LogP contribution in [0.5, 0.6) is 0 Å². The summed E-state index contributed by atoms with van der Waals surface area (Å²) < 4.78 is 0. The first-order valence-electron chi connectivity index (χ1n) is 6.13. The summed E-state index contributed by atoms with van der Waals surface area (Å²) in [6.07, 6.45) is 1.37. The second-order valence-electron chi connectivity index (χ2n) is 4.37. The van der Waals surface area contributed by atoms with Gasteiger partial charge in [-0.3, -0.25) is 4.79 Å². The van der Waals surface area contributed by atoms with Crippen molar-refractivity contribution in [2.75, 3.05) is 5.73 Å². The molecular weight excluding hydrogens is 252 g/mol. The minimum absolute atomic E-state index is 0.221. The zero-order valence-corrected chi connectivity index (χ0v) is 11.0. The molecule has 1 aromatic carbocycles. The molecule has 0 aliphatic rings. The van der Waals surface area contributed by atoms with Crippen LogP contribution in [0.4, 0.5) is 5.69 Å². The standard InChI is InChI=1S/C15H14N4O/c1-10(12-4-2-3-5-13(12)17)19-15(20)14-7-6-11(8-16)9-18-14/h2-7,9-10H,17H2,1H3,(H,19,20). The first kappa shape index (κ1) is 13.6. The summed E-state index contributed by atoms with van der Waals surface area (Å²) in [4.78, 5) is 16.0. The largest absolute Gasteiger partial charge is 0.398 e. The smallest absolute Gasteiger partial charge is 0.270 e. The van der Waals surface area contributed by atoms with Gasteiger partial charge in [-0.05, 0) is 30.7 Å². The van der Waals surface area contributed by atoms with Crippen LogP contribution in [0.25, 0.3) is 0 Å². The molecule has 2 aromatic rings. The highest BCUT2D eigenvalue weighted by molar-refractivity contribution is 5.92. The fourth-order valence-corrected chi connectivity index (χ4v) is 1.85. The van der Waals surface area contributed by atoms with E-state index >= 15 is 0 Å². The van der Waals surface area contributed by atoms with Crippen molar-refractivity contribution in [2.45, 2.75) is 13.0 Å². The highest BCUT2D eigenvalue weighted by atomic mass is 16.1. The number of para-hydroxylation sites is 1. The van der Waals surface area contributed by atoms with Crippen LogP contribution in [0.3, 0.4) is 0 Å². The molecule has 0 aliphatic heterocycles. The van der Waals surface area contributed by atoms with Crippen molar-refractivity contribution in [2.24, 2.45) is 0 Å². The molecule has 2 rings (SSSR count). The molecule has 5 nitrogen and oxygen atoms in total. The molecule has 1 unspecified atom stereocenters. The van der Waals surface area contributed by atoms with Crippen molar-refractivity contribution < 1.29 is 4.79 Å². The van der Waals surface area contributed by atoms with Gasteiger partial charge in [0, 0.05) is 11.9 Å². The van der Waals surface area contributed by atoms with E-state index in [1.807, 2.05) is 31.2 Å². The number of carbonyl (C=O) groups excluding carboxylic acids is 1. The van der Waals surface area contributed by atoms with E-state index in [2.05, 4.69) is 10.3 Å². The van der Waals surface area contributed by atoms with Crippen LogP contribution >= 0.6 is 0 Å². The van der Waals surface area contributed by atoms with Gasteiger partial charge >= 0.3 is 0 Å². The summed E-state index contributed by atoms with van der Waals surface area (Å²) in [7, 11) is 0. The van der Waals surface area contributed by atoms with Gasteiger partial charge in [-0.25, -0.2) is 4.98 Å². The van der Waals surface area contributed by atoms with E-state index in [-0.39, 0.29) is 17.6 Å². The fraction of sp³-hybridized carbons (Fsp3) is 0.133. The third-order valence-electron chi connectivity index (χ3n) is 2.94. The van der Waals surface area contributed by atoms with Gasteiger partial charge in [0.25, 0.3) is 5.91 Å². The zero-order chi connectivity index (χ0) is 14.5. The molecule has 20 heavy (non-hydrogen) atoms. The average molecular weight is 266 g/mol. The molecule has 0 spiro atoms. The van der Waals surface area contributed by atoms with Crippen molar-refractivity contribution in [3.63, 3.8) is 0 Å². The molecule has 0 aliphatic carbocycles. The average Bonchev–Trinajstić information content (AvgIpc) is 2.47. The van der Waals surface area contributed by atoms with E-state index in [4.69, 9.17) is 11.0 Å². The van der Waals surface area contributed by atoms with Gasteiger partial charge in [0.2, 0.25) is 0 Å². The van der Waals surface area contributed by atoms with Crippen molar-refractivity contribution in [3.8, 4) is 6.07 Å². The number of benzene rings is 1. The van der Waals surface area contributed by atoms with Crippen LogP contribution in [-0.2, 0) is 0 Å². The molecule has 3 N–H and O–H groups in total. The van der Waals surface area contributed by atoms with Gasteiger partial charge in [-0.1, -0.05) is 18.2 Å². The van der Waals surface area contributed by atoms with E-state index < -0.39 is 0 Å². The molecule has 100 valence electrons. The number of pyridine rings is 1. The summed E-state index contributed by atoms with van der Waals surface area (Å²) in [6, 6.07) is 12.2. The summed E-state index contributed by atoms with van der Waals surface area (Å²) in [5.41, 5.74) is 8.05. The third kappa shape index (κ3) is 2.93. The minimum atomic E-state index is -0.301. The molecule has 1 heterocycles. The Hall–Kier alpha value is -2.87. The molecule has 0 radical (unpaired) electrons. The topological polar surface area (TPSA) is 91.8 Å². The Kier molecular flexibility index (Phi) is 3.96. The van der Waals surface area contributed by atoms with E-state index in [0.717, 1.165) is 5.56 Å². The van der Waals surface area contributed by atoms with Crippen LogP contribution in [0.1, 0.15) is 34.6 Å². The SMILES string of the molecule is CC(NC(=O)c1ccc(C#N)cn1)c1ccccc1N. The summed E-state index contributed by atoms with van der Waals surface area (Å²) in [6.45, 7) is 1.85. The van der Waals surface area contributed by atoms with Gasteiger partial charge in [0.1, 0.15) is 11.8 Å². The number of hydrogen-bond donors (Lipinski definition) is 2. The van der Waals surface area contributed by atoms with E-state index in [1.165, 1.54) is 12.3 Å². The second-order valence-corrected chi connectivity index (χ2v) is 4.37. The normalized spacial score (nSPS) is 11.4. The molecule has 0 saturated heterocycles. The molecule has 1 atom stereocenters. The van der Waals surface area contributed by atoms with E-state index in [1.54, 1.807) is 12.1 Å². The van der Waals surface area contributed by atoms with Crippen LogP contribution < -0.4 is 11.1 Å². The molecule has 0 saturated carbocycles. The van der Waals surface area contributed by atoms with Gasteiger partial charge in [-0.15, -0.1) is 0 Å². The summed E-state index contributed by atoms with van der Waals surface area (Å²) in [5.74, 6) is -0.301. The van der Waals surface area contributed by atoms with Gasteiger partial charge in [0.15, 0.2) is 0 Å². The van der Waals surface area contributed by atoms with E-state index in [9.17, 15) is 4.79 Å². The maximum atomic E-state index is 12.0. The van der Waals surface area contributed by atoms with Crippen LogP contribution in [0, 0.1) is 11.3 Å². The number of nitriles is 1. The lowest BCUT2D eigenvalue weighted by atomic mass is 10.1. The van der Waals surface area contributed by atoms with Gasteiger partial charge < -0.3 is 11.1 Å². The number of amides is 1. The fourth-order valence-electron chi connectivity index (χ4n) is 1.85. The van der Waals surface area contributed by atoms with Crippen LogP contribution in [0.15, 0.2) is 42.6 Å². The first-order valence-corrected chi connectivity index (χ1v) is 6.13. The Morgan fingerprint density at radius 3 is 2.70 bits per heavy atom. The molecule has 5 heteroatoms. The molecular formula is C15H14N4O. The first-order chi connectivity index (χ1) is 9.61. The second kappa shape index (κ2) is 5.85. The molecule has 0 fully saturated rings. The number of nitrogens with two attached hydrogens (primary N) is 1. The van der Waals surface area contributed by atoms with Gasteiger partial charge in [0.05, 0.1) is 11.6 Å². The molecule has 0 bridgehead atoms. The molecule has 1 amide bonds. The lowest BCUT2D eigenvalue weighted by Gasteiger charge is -2.15. The number of nitrogens with zero attached hydrogens (tertiary/aromatic N) is 2. The summed E-state index contributed by atoms with van der Waals surface area (Å²) >= 11 is 0. The number of nitrogen functional groups attached to an aromatic ring is 1. The zero-order valence-electron chi connectivity index (χ0n) is 11.0. The maximum absolute atomic E-state index is 12.0. The number of anilines is 1. The lowest BCUT2D eigenvalue weighted by Crippen LogP contribution is -2.27. The Morgan fingerprint density at radius 2 is 2.10 bits per heavy atom. The quantitative estimate of drug-likeness (QED) is 0.831. The summed E-state index contributed by atoms with van der Waals surface area (Å²) in [5, 5.41) is 11.5. The maximum Gasteiger partial charge on any atom is 0.270 e. The monoisotopic (exact) mass is 266 g/mol. The lowest BCUT2D eigenvalue weighted by molar-refractivity contribution is 0.0935. The Morgan fingerprint density at radius 1 is 1.35 bits per heavy atom. The third-order valence-corrected chi connectivity index (χ3v) is 2.94. The Labute approximate surface area is 117 Å². The Balaban J connectivity index is 2.11. The number of nitrogens with one attached hydrogen (secondary N) is 1. The number of hydrogen-bond acceptors (Lipinski definition) is 4. The highest BCUT2D eigenvalue weighted by Crippen LogP contribution is 2.19. The van der Waals surface area contributed by atoms with Crippen molar-refractivity contribution in [1.82, 2.24) is 10.3 Å². The predicted octanol–water partition coefficient (Wildman–Crippen LogP) is 2.03. The van der Waals surface area contributed by atoms with Crippen molar-refractivity contribution in [3.05, 3.63) is 59.4 Å². The molecule has 1 aromatic heterocycles. The van der Waals surface area contributed by atoms with Crippen LogP contribution in [-0.4, -0.2) is 10.9 Å². The van der Waals surface area contributed by atoms with E-state index in [0.29, 0.717) is 11.3 Å². The predicted molar refractivity (Wildman–Crippen MR) is 75.7 cm³/mol. The van der Waals surface area contributed by atoms with Gasteiger partial charge in [-0.2, -0.15) is 5.26 Å². The van der Waals surface area contributed by atoms with Crippen molar-refractivity contribution >= 4 is 11.6 Å². The number of aromatic nitrogens is 1. The van der Waals surface area contributed by atoms with Crippen molar-refractivity contribution in [1.29, 1.82) is 5.26 Å². The van der Waals surface area contributed by atoms with Crippen LogP contribution in [0.2, 0.25) is 0 Å². The highest BCUT2D eigenvalue weighted by Gasteiger charge is 2.14. The Bertz CT molecular complexity index is 658.